The van der Waals surface area contributed by atoms with Crippen molar-refractivity contribution in [1.82, 2.24) is 10.3 Å². The lowest BCUT2D eigenvalue weighted by Gasteiger charge is -2.32. The van der Waals surface area contributed by atoms with Crippen LogP contribution in [0.4, 0.5) is 11.5 Å². The first-order valence-corrected chi connectivity index (χ1v) is 5.74. The normalized spacial score (nSPS) is 20.3. The number of nitrogens with zero attached hydrogens (tertiary/aromatic N) is 3. The molecule has 17 heavy (non-hydrogen) atoms. The van der Waals surface area contributed by atoms with Gasteiger partial charge in [0, 0.05) is 31.4 Å². The number of aromatic nitrogens is 1. The van der Waals surface area contributed by atoms with Crippen LogP contribution in [0, 0.1) is 10.1 Å². The number of nitro groups is 1. The van der Waals surface area contributed by atoms with Gasteiger partial charge in [-0.1, -0.05) is 0 Å². The number of piperidine rings is 1. The van der Waals surface area contributed by atoms with E-state index in [4.69, 9.17) is 0 Å². The Kier molecular flexibility index (Phi) is 3.53. The highest BCUT2D eigenvalue weighted by atomic mass is 16.6. The Bertz CT molecular complexity index is 410. The van der Waals surface area contributed by atoms with Crippen LogP contribution in [0.1, 0.15) is 12.8 Å². The highest BCUT2D eigenvalue weighted by molar-refractivity contribution is 5.57. The van der Waals surface area contributed by atoms with Crippen LogP contribution >= 0.6 is 0 Å². The third-order valence-corrected chi connectivity index (χ3v) is 3.09. The van der Waals surface area contributed by atoms with E-state index >= 15 is 0 Å². The topological polar surface area (TPSA) is 71.3 Å². The Labute approximate surface area is 99.8 Å². The minimum absolute atomic E-state index is 0.0873. The van der Waals surface area contributed by atoms with Crippen molar-refractivity contribution in [3.05, 3.63) is 28.4 Å². The van der Waals surface area contributed by atoms with E-state index < -0.39 is 0 Å². The number of hydrogen-bond donors (Lipinski definition) is 1. The summed E-state index contributed by atoms with van der Waals surface area (Å²) in [6, 6.07) is 3.48. The summed E-state index contributed by atoms with van der Waals surface area (Å²) in [7, 11) is 1.92. The molecule has 1 fully saturated rings. The van der Waals surface area contributed by atoms with Crippen LogP contribution in [-0.4, -0.2) is 36.1 Å². The molecule has 1 aliphatic heterocycles. The van der Waals surface area contributed by atoms with Crippen LogP contribution in [0.15, 0.2) is 18.3 Å². The Morgan fingerprint density at radius 2 is 2.47 bits per heavy atom. The SMILES string of the molecule is CN[C@@H]1CCCN(c2ncccc2[N+](=O)[O-])C1. The second-order valence-electron chi connectivity index (χ2n) is 4.18. The average Bonchev–Trinajstić information content (AvgIpc) is 2.39. The van der Waals surface area contributed by atoms with E-state index in [1.807, 2.05) is 11.9 Å². The zero-order chi connectivity index (χ0) is 12.3. The molecule has 0 amide bonds. The van der Waals surface area contributed by atoms with Gasteiger partial charge in [-0.2, -0.15) is 0 Å². The Morgan fingerprint density at radius 1 is 1.65 bits per heavy atom. The summed E-state index contributed by atoms with van der Waals surface area (Å²) in [4.78, 5) is 16.7. The highest BCUT2D eigenvalue weighted by Crippen LogP contribution is 2.27. The van der Waals surface area contributed by atoms with Crippen LogP contribution in [-0.2, 0) is 0 Å². The van der Waals surface area contributed by atoms with E-state index in [1.54, 1.807) is 12.3 Å². The van der Waals surface area contributed by atoms with Crippen LogP contribution < -0.4 is 10.2 Å². The van der Waals surface area contributed by atoms with Crippen LogP contribution in [0.5, 0.6) is 0 Å². The molecule has 1 saturated heterocycles. The second-order valence-corrected chi connectivity index (χ2v) is 4.18. The molecule has 0 spiro atoms. The summed E-state index contributed by atoms with van der Waals surface area (Å²) in [5.74, 6) is 0.484. The van der Waals surface area contributed by atoms with E-state index in [-0.39, 0.29) is 10.6 Å². The van der Waals surface area contributed by atoms with E-state index in [0.717, 1.165) is 25.9 Å². The zero-order valence-corrected chi connectivity index (χ0v) is 9.80. The zero-order valence-electron chi connectivity index (χ0n) is 9.80. The molecular weight excluding hydrogens is 220 g/mol. The summed E-state index contributed by atoms with van der Waals surface area (Å²) in [5.41, 5.74) is 0.0873. The molecule has 0 unspecified atom stereocenters. The van der Waals surface area contributed by atoms with Crippen molar-refractivity contribution in [2.45, 2.75) is 18.9 Å². The first-order valence-electron chi connectivity index (χ1n) is 5.74. The number of nitrogens with one attached hydrogen (secondary N) is 1. The van der Waals surface area contributed by atoms with Crippen molar-refractivity contribution in [2.24, 2.45) is 0 Å². The monoisotopic (exact) mass is 236 g/mol. The average molecular weight is 236 g/mol. The van der Waals surface area contributed by atoms with Gasteiger partial charge < -0.3 is 10.2 Å². The van der Waals surface area contributed by atoms with Crippen LogP contribution in [0.3, 0.4) is 0 Å². The van der Waals surface area contributed by atoms with Gasteiger partial charge in [-0.25, -0.2) is 4.98 Å². The fourth-order valence-electron chi connectivity index (χ4n) is 2.18. The van der Waals surface area contributed by atoms with Gasteiger partial charge in [0.1, 0.15) is 0 Å². The maximum atomic E-state index is 10.9. The van der Waals surface area contributed by atoms with Crippen molar-refractivity contribution in [1.29, 1.82) is 0 Å². The summed E-state index contributed by atoms with van der Waals surface area (Å²) in [6.45, 7) is 1.60. The first-order chi connectivity index (χ1) is 8.22. The van der Waals surface area contributed by atoms with Gasteiger partial charge in [-0.3, -0.25) is 10.1 Å². The fraction of sp³-hybridized carbons (Fsp3) is 0.545. The molecule has 1 aromatic heterocycles. The predicted octanol–water partition coefficient (Wildman–Crippen LogP) is 1.18. The van der Waals surface area contributed by atoms with Gasteiger partial charge in [0.2, 0.25) is 5.82 Å². The molecule has 1 N–H and O–H groups in total. The molecule has 6 nitrogen and oxygen atoms in total. The fourth-order valence-corrected chi connectivity index (χ4v) is 2.18. The van der Waals surface area contributed by atoms with Gasteiger partial charge in [0.25, 0.3) is 0 Å². The molecule has 2 heterocycles. The molecule has 0 bridgehead atoms. The van der Waals surface area contributed by atoms with Crippen molar-refractivity contribution < 1.29 is 4.92 Å². The van der Waals surface area contributed by atoms with Crippen molar-refractivity contribution >= 4 is 11.5 Å². The molecular formula is C11H16N4O2. The van der Waals surface area contributed by atoms with E-state index in [1.165, 1.54) is 6.07 Å². The minimum atomic E-state index is -0.370. The van der Waals surface area contributed by atoms with Gasteiger partial charge in [-0.05, 0) is 26.0 Å². The highest BCUT2D eigenvalue weighted by Gasteiger charge is 2.25. The third kappa shape index (κ3) is 2.52. The van der Waals surface area contributed by atoms with Gasteiger partial charge in [0.15, 0.2) is 0 Å². The Balaban J connectivity index is 2.24. The first kappa shape index (κ1) is 11.8. The molecule has 6 heteroatoms. The molecule has 1 aliphatic rings. The second kappa shape index (κ2) is 5.09. The van der Waals surface area contributed by atoms with Gasteiger partial charge in [0.05, 0.1) is 4.92 Å². The minimum Gasteiger partial charge on any atom is -0.349 e. The van der Waals surface area contributed by atoms with E-state index in [2.05, 4.69) is 10.3 Å². The molecule has 0 aliphatic carbocycles. The number of likely N-dealkylation sites (N-methyl/N-ethyl adjacent to an activating group) is 1. The van der Waals surface area contributed by atoms with Crippen molar-refractivity contribution in [2.75, 3.05) is 25.0 Å². The molecule has 1 aromatic rings. The van der Waals surface area contributed by atoms with Crippen LogP contribution in [0.25, 0.3) is 0 Å². The largest absolute Gasteiger partial charge is 0.349 e. The standard InChI is InChI=1S/C11H16N4O2/c1-12-9-4-3-7-14(8-9)11-10(15(16)17)5-2-6-13-11/h2,5-6,9,12H,3-4,7-8H2,1H3/t9-/m1/s1. The molecule has 0 radical (unpaired) electrons. The smallest absolute Gasteiger partial charge is 0.311 e. The Hall–Kier alpha value is -1.69. The third-order valence-electron chi connectivity index (χ3n) is 3.09. The summed E-state index contributed by atoms with van der Waals surface area (Å²) in [5, 5.41) is 14.2. The van der Waals surface area contributed by atoms with E-state index in [0.29, 0.717) is 11.9 Å². The summed E-state index contributed by atoms with van der Waals surface area (Å²) >= 11 is 0. The van der Waals surface area contributed by atoms with Crippen molar-refractivity contribution in [3.63, 3.8) is 0 Å². The van der Waals surface area contributed by atoms with Crippen molar-refractivity contribution in [3.8, 4) is 0 Å². The number of rotatable bonds is 3. The van der Waals surface area contributed by atoms with Gasteiger partial charge >= 0.3 is 5.69 Å². The number of anilines is 1. The maximum Gasteiger partial charge on any atom is 0.311 e. The predicted molar refractivity (Wildman–Crippen MR) is 65.2 cm³/mol. The van der Waals surface area contributed by atoms with Crippen LogP contribution in [0.2, 0.25) is 0 Å². The quantitative estimate of drug-likeness (QED) is 0.630. The number of hydrogen-bond acceptors (Lipinski definition) is 5. The van der Waals surface area contributed by atoms with Gasteiger partial charge in [-0.15, -0.1) is 0 Å². The van der Waals surface area contributed by atoms with E-state index in [9.17, 15) is 10.1 Å². The Morgan fingerprint density at radius 3 is 3.18 bits per heavy atom. The lowest BCUT2D eigenvalue weighted by Crippen LogP contribution is -2.44. The molecule has 0 aromatic carbocycles. The molecule has 1 atom stereocenters. The lowest BCUT2D eigenvalue weighted by molar-refractivity contribution is -0.384. The maximum absolute atomic E-state index is 10.9. The molecule has 92 valence electrons. The number of pyridine rings is 1. The molecule has 2 rings (SSSR count). The lowest BCUT2D eigenvalue weighted by atomic mass is 10.1. The molecule has 0 saturated carbocycles. The summed E-state index contributed by atoms with van der Waals surface area (Å²) < 4.78 is 0. The summed E-state index contributed by atoms with van der Waals surface area (Å²) in [6.07, 6.45) is 3.73.